The molecule has 0 aliphatic heterocycles. The number of hydrogen-bond acceptors (Lipinski definition) is 3. The summed E-state index contributed by atoms with van der Waals surface area (Å²) in [4.78, 5) is 0. The van der Waals surface area contributed by atoms with Gasteiger partial charge in [-0.1, -0.05) is 83.6 Å². The van der Waals surface area contributed by atoms with Crippen molar-refractivity contribution < 1.29 is 13.3 Å². The molecule has 4 heteroatoms. The molecule has 140 valence electrons. The van der Waals surface area contributed by atoms with Crippen molar-refractivity contribution in [2.45, 2.75) is 84.1 Å². The van der Waals surface area contributed by atoms with Crippen LogP contribution >= 0.6 is 0 Å². The minimum absolute atomic E-state index is 0.183. The lowest BCUT2D eigenvalue weighted by Gasteiger charge is -2.33. The van der Waals surface area contributed by atoms with Gasteiger partial charge in [-0.05, 0) is 19.3 Å². The molecule has 0 aromatic heterocycles. The second-order valence-electron chi connectivity index (χ2n) is 6.57. The molecule has 0 bridgehead atoms. The maximum atomic E-state index is 6.37. The summed E-state index contributed by atoms with van der Waals surface area (Å²) in [6.07, 6.45) is 19.0. The Hall–Kier alpha value is -0.423. The first-order valence-electron chi connectivity index (χ1n) is 10.1. The van der Waals surface area contributed by atoms with Crippen LogP contribution in [0.1, 0.15) is 78.6 Å². The van der Waals surface area contributed by atoms with Gasteiger partial charge >= 0.3 is 8.80 Å². The third-order valence-electron chi connectivity index (χ3n) is 4.31. The van der Waals surface area contributed by atoms with Gasteiger partial charge in [-0.3, -0.25) is 0 Å². The molecule has 0 radical (unpaired) electrons. The number of rotatable bonds is 16. The Morgan fingerprint density at radius 2 is 1.00 bits per heavy atom. The molecule has 0 fully saturated rings. The van der Waals surface area contributed by atoms with E-state index in [4.69, 9.17) is 13.3 Å². The summed E-state index contributed by atoms with van der Waals surface area (Å²) in [7, 11) is -2.69. The predicted molar refractivity (Wildman–Crippen MR) is 104 cm³/mol. The second kappa shape index (κ2) is 13.8. The Morgan fingerprint density at radius 1 is 0.625 bits per heavy atom. The van der Waals surface area contributed by atoms with Gasteiger partial charge in [0.15, 0.2) is 0 Å². The van der Waals surface area contributed by atoms with Gasteiger partial charge < -0.3 is 13.3 Å². The van der Waals surface area contributed by atoms with Crippen molar-refractivity contribution in [2.24, 2.45) is 0 Å². The highest BCUT2D eigenvalue weighted by Gasteiger charge is 2.48. The fraction of sp³-hybridized carbons (Fsp3) is 0.800. The Labute approximate surface area is 150 Å². The van der Waals surface area contributed by atoms with E-state index in [1.54, 1.807) is 0 Å². The van der Waals surface area contributed by atoms with Crippen LogP contribution in [0.4, 0.5) is 0 Å². The van der Waals surface area contributed by atoms with Gasteiger partial charge in [0.25, 0.3) is 0 Å². The van der Waals surface area contributed by atoms with Crippen molar-refractivity contribution in [1.82, 2.24) is 0 Å². The molecule has 0 heterocycles. The lowest BCUT2D eigenvalue weighted by molar-refractivity contribution is 0.0534. The Morgan fingerprint density at radius 3 is 1.33 bits per heavy atom. The maximum absolute atomic E-state index is 6.37. The molecule has 0 unspecified atom stereocenters. The van der Waals surface area contributed by atoms with Crippen molar-refractivity contribution >= 4 is 8.80 Å². The zero-order valence-corrected chi connectivity index (χ0v) is 17.1. The van der Waals surface area contributed by atoms with Gasteiger partial charge in [0.1, 0.15) is 0 Å². The molecule has 0 saturated heterocycles. The molecule has 0 spiro atoms. The van der Waals surface area contributed by atoms with Crippen LogP contribution in [-0.2, 0) is 13.3 Å². The molecule has 0 aromatic carbocycles. The molecule has 1 rings (SSSR count). The molecular formula is C20H38O3Si. The molecule has 24 heavy (non-hydrogen) atoms. The SMILES string of the molecule is CCCCCO[Si](OCCCCC)(OCCCCC)C1C=CC=C1. The number of unbranched alkanes of at least 4 members (excludes halogenated alkanes) is 6. The van der Waals surface area contributed by atoms with E-state index in [9.17, 15) is 0 Å². The van der Waals surface area contributed by atoms with E-state index in [0.717, 1.165) is 39.1 Å². The second-order valence-corrected chi connectivity index (χ2v) is 9.31. The van der Waals surface area contributed by atoms with Gasteiger partial charge in [-0.25, -0.2) is 0 Å². The average Bonchev–Trinajstić information content (AvgIpc) is 3.14. The molecule has 0 aromatic rings. The molecule has 0 amide bonds. The van der Waals surface area contributed by atoms with Crippen molar-refractivity contribution in [3.8, 4) is 0 Å². The van der Waals surface area contributed by atoms with Crippen LogP contribution in [0.5, 0.6) is 0 Å². The summed E-state index contributed by atoms with van der Waals surface area (Å²) < 4.78 is 19.1. The summed E-state index contributed by atoms with van der Waals surface area (Å²) in [6, 6.07) is 0. The van der Waals surface area contributed by atoms with Gasteiger partial charge in [-0.2, -0.15) is 0 Å². The topological polar surface area (TPSA) is 27.7 Å². The van der Waals surface area contributed by atoms with Crippen molar-refractivity contribution in [3.05, 3.63) is 24.3 Å². The lowest BCUT2D eigenvalue weighted by atomic mass is 10.3. The quantitative estimate of drug-likeness (QED) is 0.250. The zero-order valence-electron chi connectivity index (χ0n) is 16.1. The van der Waals surface area contributed by atoms with Crippen LogP contribution in [-0.4, -0.2) is 28.6 Å². The normalized spacial score (nSPS) is 14.8. The van der Waals surface area contributed by atoms with Crippen LogP contribution < -0.4 is 0 Å². The minimum Gasteiger partial charge on any atom is -0.373 e. The summed E-state index contributed by atoms with van der Waals surface area (Å²) in [5.41, 5.74) is 0.183. The first kappa shape index (κ1) is 21.6. The average molecular weight is 355 g/mol. The Balaban J connectivity index is 2.67. The number of allylic oxidation sites excluding steroid dienone is 4. The predicted octanol–water partition coefficient (Wildman–Crippen LogP) is 6.04. The van der Waals surface area contributed by atoms with Gasteiger partial charge in [0, 0.05) is 19.8 Å². The first-order valence-corrected chi connectivity index (χ1v) is 11.9. The molecule has 0 saturated carbocycles. The van der Waals surface area contributed by atoms with E-state index in [-0.39, 0.29) is 5.54 Å². The van der Waals surface area contributed by atoms with Gasteiger partial charge in [0.05, 0.1) is 5.54 Å². The Bertz CT molecular complexity index is 312. The lowest BCUT2D eigenvalue weighted by Crippen LogP contribution is -2.49. The monoisotopic (exact) mass is 354 g/mol. The van der Waals surface area contributed by atoms with Crippen molar-refractivity contribution in [1.29, 1.82) is 0 Å². The highest BCUT2D eigenvalue weighted by atomic mass is 28.4. The first-order chi connectivity index (χ1) is 11.8. The summed E-state index contributed by atoms with van der Waals surface area (Å²) in [5, 5.41) is 0. The largest absolute Gasteiger partial charge is 0.512 e. The standard InChI is InChI=1S/C20H38O3Si/c1-4-7-12-17-21-24(20-15-10-11-16-20,22-18-13-8-5-2)23-19-14-9-6-3/h10-11,15-16,20H,4-9,12-14,17-19H2,1-3H3. The summed E-state index contributed by atoms with van der Waals surface area (Å²) >= 11 is 0. The van der Waals surface area contributed by atoms with Gasteiger partial charge in [-0.15, -0.1) is 0 Å². The summed E-state index contributed by atoms with van der Waals surface area (Å²) in [5.74, 6) is 0. The molecule has 0 atom stereocenters. The van der Waals surface area contributed by atoms with Crippen LogP contribution in [0.25, 0.3) is 0 Å². The zero-order chi connectivity index (χ0) is 17.5. The fourth-order valence-corrected chi connectivity index (χ4v) is 5.59. The van der Waals surface area contributed by atoms with E-state index >= 15 is 0 Å². The van der Waals surface area contributed by atoms with Crippen LogP contribution in [0.3, 0.4) is 0 Å². The third-order valence-corrected chi connectivity index (χ3v) is 7.33. The highest BCUT2D eigenvalue weighted by molar-refractivity contribution is 6.63. The minimum atomic E-state index is -2.69. The fourth-order valence-electron chi connectivity index (χ4n) is 2.78. The van der Waals surface area contributed by atoms with Crippen LogP contribution in [0.2, 0.25) is 5.54 Å². The maximum Gasteiger partial charge on any atom is 0.512 e. The molecule has 1 aliphatic rings. The van der Waals surface area contributed by atoms with Gasteiger partial charge in [0.2, 0.25) is 0 Å². The molecule has 3 nitrogen and oxygen atoms in total. The van der Waals surface area contributed by atoms with Crippen molar-refractivity contribution in [2.75, 3.05) is 19.8 Å². The molecular weight excluding hydrogens is 316 g/mol. The van der Waals surface area contributed by atoms with E-state index < -0.39 is 8.80 Å². The number of hydrogen-bond donors (Lipinski definition) is 0. The Kier molecular flexibility index (Phi) is 12.5. The van der Waals surface area contributed by atoms with E-state index in [1.165, 1.54) is 38.5 Å². The molecule has 1 aliphatic carbocycles. The molecule has 0 N–H and O–H groups in total. The van der Waals surface area contributed by atoms with Crippen molar-refractivity contribution in [3.63, 3.8) is 0 Å². The summed E-state index contributed by atoms with van der Waals surface area (Å²) in [6.45, 7) is 8.90. The van der Waals surface area contributed by atoms with E-state index in [2.05, 4.69) is 45.1 Å². The van der Waals surface area contributed by atoms with Crippen LogP contribution in [0, 0.1) is 0 Å². The van der Waals surface area contributed by atoms with Crippen LogP contribution in [0.15, 0.2) is 24.3 Å². The highest BCUT2D eigenvalue weighted by Crippen LogP contribution is 2.32. The third kappa shape index (κ3) is 8.10. The smallest absolute Gasteiger partial charge is 0.373 e. The van der Waals surface area contributed by atoms with E-state index in [1.807, 2.05) is 0 Å². The van der Waals surface area contributed by atoms with E-state index in [0.29, 0.717) is 0 Å².